The average Bonchev–Trinajstić information content (AvgIpc) is 3.30. The van der Waals surface area contributed by atoms with Crippen LogP contribution in [0.4, 0.5) is 0 Å². The predicted octanol–water partition coefficient (Wildman–Crippen LogP) is 3.68. The minimum Gasteiger partial charge on any atom is -0.342 e. The molecule has 1 heterocycles. The van der Waals surface area contributed by atoms with Crippen molar-refractivity contribution in [1.29, 1.82) is 0 Å². The molecule has 2 N–H and O–H groups in total. The third kappa shape index (κ3) is 3.27. The van der Waals surface area contributed by atoms with E-state index >= 15 is 0 Å². The molecular formula is C17H22Cl2N2O. The summed E-state index contributed by atoms with van der Waals surface area (Å²) in [6, 6.07) is 5.84. The SMILES string of the molecule is C[C@H](N)[C@@H]1CCCN(C(=O)[C@@H]2C[C@@H]2c2ccc(Cl)c(Cl)c2)C1. The van der Waals surface area contributed by atoms with Crippen molar-refractivity contribution in [3.63, 3.8) is 0 Å². The second-order valence-electron chi connectivity index (χ2n) is 6.67. The first-order valence-electron chi connectivity index (χ1n) is 7.96. The Morgan fingerprint density at radius 1 is 1.36 bits per heavy atom. The van der Waals surface area contributed by atoms with Crippen molar-refractivity contribution in [3.05, 3.63) is 33.8 Å². The largest absolute Gasteiger partial charge is 0.342 e. The first-order chi connectivity index (χ1) is 10.5. The van der Waals surface area contributed by atoms with Crippen LogP contribution in [0.25, 0.3) is 0 Å². The maximum Gasteiger partial charge on any atom is 0.226 e. The maximum atomic E-state index is 12.7. The van der Waals surface area contributed by atoms with E-state index in [2.05, 4.69) is 0 Å². The molecule has 3 nitrogen and oxygen atoms in total. The Labute approximate surface area is 141 Å². The molecule has 22 heavy (non-hydrogen) atoms. The summed E-state index contributed by atoms with van der Waals surface area (Å²) in [6.07, 6.45) is 3.10. The van der Waals surface area contributed by atoms with Gasteiger partial charge in [0.25, 0.3) is 0 Å². The van der Waals surface area contributed by atoms with Crippen LogP contribution in [0.5, 0.6) is 0 Å². The molecule has 0 spiro atoms. The summed E-state index contributed by atoms with van der Waals surface area (Å²) >= 11 is 12.0. The van der Waals surface area contributed by atoms with Gasteiger partial charge in [0.2, 0.25) is 5.91 Å². The molecule has 1 saturated heterocycles. The minimum absolute atomic E-state index is 0.101. The number of benzene rings is 1. The number of hydrogen-bond acceptors (Lipinski definition) is 2. The Morgan fingerprint density at radius 3 is 2.82 bits per heavy atom. The third-order valence-electron chi connectivity index (χ3n) is 4.99. The van der Waals surface area contributed by atoms with Crippen molar-refractivity contribution in [1.82, 2.24) is 4.90 Å². The highest BCUT2D eigenvalue weighted by atomic mass is 35.5. The van der Waals surface area contributed by atoms with Crippen molar-refractivity contribution in [3.8, 4) is 0 Å². The normalized spacial score (nSPS) is 29.3. The molecule has 0 aromatic heterocycles. The van der Waals surface area contributed by atoms with Crippen LogP contribution in [0, 0.1) is 11.8 Å². The molecule has 4 atom stereocenters. The van der Waals surface area contributed by atoms with Crippen molar-refractivity contribution >= 4 is 29.1 Å². The lowest BCUT2D eigenvalue weighted by Gasteiger charge is -2.34. The van der Waals surface area contributed by atoms with E-state index < -0.39 is 0 Å². The van der Waals surface area contributed by atoms with Crippen molar-refractivity contribution < 1.29 is 4.79 Å². The van der Waals surface area contributed by atoms with Crippen molar-refractivity contribution in [2.45, 2.75) is 38.1 Å². The number of amides is 1. The van der Waals surface area contributed by atoms with E-state index in [1.165, 1.54) is 0 Å². The first-order valence-corrected chi connectivity index (χ1v) is 8.72. The molecule has 2 aliphatic rings. The smallest absolute Gasteiger partial charge is 0.226 e. The van der Waals surface area contributed by atoms with E-state index in [1.807, 2.05) is 30.0 Å². The van der Waals surface area contributed by atoms with Gasteiger partial charge in [-0.25, -0.2) is 0 Å². The summed E-state index contributed by atoms with van der Waals surface area (Å²) in [5, 5.41) is 1.12. The zero-order chi connectivity index (χ0) is 15.9. The number of hydrogen-bond donors (Lipinski definition) is 1. The van der Waals surface area contributed by atoms with Crippen molar-refractivity contribution in [2.75, 3.05) is 13.1 Å². The molecule has 120 valence electrons. The van der Waals surface area contributed by atoms with E-state index in [4.69, 9.17) is 28.9 Å². The Hall–Kier alpha value is -0.770. The van der Waals surface area contributed by atoms with Crippen LogP contribution >= 0.6 is 23.2 Å². The van der Waals surface area contributed by atoms with Crippen LogP contribution in [0.1, 0.15) is 37.7 Å². The molecule has 1 aromatic carbocycles. The van der Waals surface area contributed by atoms with Gasteiger partial charge in [-0.2, -0.15) is 0 Å². The molecule has 0 bridgehead atoms. The third-order valence-corrected chi connectivity index (χ3v) is 5.73. The van der Waals surface area contributed by atoms with Gasteiger partial charge in [0, 0.05) is 25.0 Å². The number of carbonyl (C=O) groups is 1. The first kappa shape index (κ1) is 16.1. The van der Waals surface area contributed by atoms with Crippen LogP contribution in [-0.2, 0) is 4.79 Å². The quantitative estimate of drug-likeness (QED) is 0.912. The molecule has 0 radical (unpaired) electrons. The van der Waals surface area contributed by atoms with E-state index in [0.29, 0.717) is 16.0 Å². The fourth-order valence-corrected chi connectivity index (χ4v) is 3.76. The standard InChI is InChI=1S/C17H22Cl2N2O/c1-10(20)12-3-2-6-21(9-12)17(22)14-8-13(14)11-4-5-15(18)16(19)7-11/h4-5,7,10,12-14H,2-3,6,8-9,20H2,1H3/t10-,12+,13+,14+/m0/s1. The van der Waals surface area contributed by atoms with Gasteiger partial charge in [0.05, 0.1) is 10.0 Å². The number of halogens is 2. The highest BCUT2D eigenvalue weighted by Gasteiger charge is 2.46. The summed E-state index contributed by atoms with van der Waals surface area (Å²) in [4.78, 5) is 14.7. The van der Waals surface area contributed by atoms with E-state index in [-0.39, 0.29) is 23.8 Å². The highest BCUT2D eigenvalue weighted by molar-refractivity contribution is 6.42. The summed E-state index contributed by atoms with van der Waals surface area (Å²) in [5.74, 6) is 1.10. The molecular weight excluding hydrogens is 319 g/mol. The number of carbonyl (C=O) groups excluding carboxylic acids is 1. The lowest BCUT2D eigenvalue weighted by Crippen LogP contribution is -2.45. The second kappa shape index (κ2) is 6.38. The molecule has 1 aliphatic heterocycles. The predicted molar refractivity (Wildman–Crippen MR) is 90.3 cm³/mol. The lowest BCUT2D eigenvalue weighted by molar-refractivity contribution is -0.134. The Morgan fingerprint density at radius 2 is 2.14 bits per heavy atom. The minimum atomic E-state index is 0.101. The zero-order valence-electron chi connectivity index (χ0n) is 12.8. The monoisotopic (exact) mass is 340 g/mol. The lowest BCUT2D eigenvalue weighted by atomic mass is 9.92. The maximum absolute atomic E-state index is 12.7. The summed E-state index contributed by atoms with van der Waals surface area (Å²) in [6.45, 7) is 3.71. The van der Waals surface area contributed by atoms with Gasteiger partial charge in [-0.15, -0.1) is 0 Å². The number of likely N-dealkylation sites (tertiary alicyclic amines) is 1. The van der Waals surface area contributed by atoms with E-state index in [9.17, 15) is 4.79 Å². The van der Waals surface area contributed by atoms with Gasteiger partial charge < -0.3 is 10.6 Å². The molecule has 1 amide bonds. The fourth-order valence-electron chi connectivity index (χ4n) is 3.45. The van der Waals surface area contributed by atoms with Crippen LogP contribution < -0.4 is 5.73 Å². The van der Waals surface area contributed by atoms with Gasteiger partial charge in [0.15, 0.2) is 0 Å². The highest BCUT2D eigenvalue weighted by Crippen LogP contribution is 2.49. The number of nitrogens with zero attached hydrogens (tertiary/aromatic N) is 1. The summed E-state index contributed by atoms with van der Waals surface area (Å²) in [5.41, 5.74) is 7.12. The van der Waals surface area contributed by atoms with Gasteiger partial charge in [-0.05, 0) is 55.7 Å². The average molecular weight is 341 g/mol. The van der Waals surface area contributed by atoms with Crippen LogP contribution in [-0.4, -0.2) is 29.9 Å². The van der Waals surface area contributed by atoms with Crippen LogP contribution in [0.3, 0.4) is 0 Å². The zero-order valence-corrected chi connectivity index (χ0v) is 14.3. The fraction of sp³-hybridized carbons (Fsp3) is 0.588. The van der Waals surface area contributed by atoms with E-state index in [0.717, 1.165) is 37.9 Å². The number of rotatable bonds is 3. The molecule has 1 aromatic rings. The second-order valence-corrected chi connectivity index (χ2v) is 7.48. The van der Waals surface area contributed by atoms with Crippen LogP contribution in [0.15, 0.2) is 18.2 Å². The number of nitrogens with two attached hydrogens (primary N) is 1. The molecule has 0 unspecified atom stereocenters. The van der Waals surface area contributed by atoms with Gasteiger partial charge in [-0.3, -0.25) is 4.79 Å². The summed E-state index contributed by atoms with van der Waals surface area (Å²) in [7, 11) is 0. The molecule has 1 saturated carbocycles. The number of piperidine rings is 1. The van der Waals surface area contributed by atoms with E-state index in [1.54, 1.807) is 0 Å². The van der Waals surface area contributed by atoms with Gasteiger partial charge in [0.1, 0.15) is 0 Å². The van der Waals surface area contributed by atoms with Crippen molar-refractivity contribution in [2.24, 2.45) is 17.6 Å². The Kier molecular flexibility index (Phi) is 4.67. The Bertz CT molecular complexity index is 576. The summed E-state index contributed by atoms with van der Waals surface area (Å²) < 4.78 is 0. The molecule has 1 aliphatic carbocycles. The molecule has 2 fully saturated rings. The Balaban J connectivity index is 1.63. The molecule has 5 heteroatoms. The van der Waals surface area contributed by atoms with Gasteiger partial charge in [-0.1, -0.05) is 29.3 Å². The van der Waals surface area contributed by atoms with Gasteiger partial charge >= 0.3 is 0 Å². The molecule has 3 rings (SSSR count). The topological polar surface area (TPSA) is 46.3 Å². The van der Waals surface area contributed by atoms with Crippen LogP contribution in [0.2, 0.25) is 10.0 Å².